The third-order valence-electron chi connectivity index (χ3n) is 5.86. The van der Waals surface area contributed by atoms with Gasteiger partial charge in [-0.05, 0) is 61.1 Å². The highest BCUT2D eigenvalue weighted by Gasteiger charge is 2.64. The second-order valence-electron chi connectivity index (χ2n) is 9.00. The molecule has 0 N–H and O–H groups in total. The largest absolute Gasteiger partial charge is 0.493 e. The average Bonchev–Trinajstić information content (AvgIpc) is 3.25. The number of epoxide rings is 1. The van der Waals surface area contributed by atoms with Crippen LogP contribution in [0.4, 0.5) is 0 Å². The van der Waals surface area contributed by atoms with Gasteiger partial charge in [0.2, 0.25) is 0 Å². The number of benzene rings is 2. The molecule has 28 heavy (non-hydrogen) atoms. The van der Waals surface area contributed by atoms with E-state index in [1.165, 1.54) is 18.4 Å². The minimum Gasteiger partial charge on any atom is -0.493 e. The van der Waals surface area contributed by atoms with Gasteiger partial charge in [-0.15, -0.1) is 0 Å². The van der Waals surface area contributed by atoms with E-state index in [9.17, 15) is 0 Å². The van der Waals surface area contributed by atoms with E-state index in [2.05, 4.69) is 72.0 Å². The molecule has 0 radical (unpaired) electrons. The lowest BCUT2D eigenvalue weighted by Crippen LogP contribution is -2.34. The quantitative estimate of drug-likeness (QED) is 0.374. The maximum Gasteiger partial charge on any atom is 0.161 e. The monoisotopic (exact) mass is 460 g/mol. The lowest BCUT2D eigenvalue weighted by molar-refractivity contribution is 0.200. The highest BCUT2D eigenvalue weighted by Crippen LogP contribution is 2.56. The van der Waals surface area contributed by atoms with Crippen molar-refractivity contribution in [3.8, 4) is 11.5 Å². The molecule has 1 aliphatic carbocycles. The first kappa shape index (κ1) is 20.0. The molecule has 0 bridgehead atoms. The number of halogens is 1. The third kappa shape index (κ3) is 3.64. The van der Waals surface area contributed by atoms with Crippen molar-refractivity contribution in [2.45, 2.75) is 62.8 Å². The van der Waals surface area contributed by atoms with Crippen LogP contribution in [-0.2, 0) is 10.3 Å². The van der Waals surface area contributed by atoms with Crippen molar-refractivity contribution in [1.82, 2.24) is 0 Å². The summed E-state index contributed by atoms with van der Waals surface area (Å²) in [6, 6.07) is 14.9. The SMILES string of the molecule is COc1ccc(C2(c3ccc(Br)cc3)OC2[Si](C)(C)C)cc1OC1CCCC1. The summed E-state index contributed by atoms with van der Waals surface area (Å²) >= 11 is 3.55. The number of hydrogen-bond acceptors (Lipinski definition) is 3. The summed E-state index contributed by atoms with van der Waals surface area (Å²) in [4.78, 5) is 0. The van der Waals surface area contributed by atoms with Gasteiger partial charge in [0.05, 0.1) is 27.0 Å². The maximum absolute atomic E-state index is 6.53. The van der Waals surface area contributed by atoms with E-state index < -0.39 is 8.07 Å². The smallest absolute Gasteiger partial charge is 0.161 e. The molecule has 1 heterocycles. The van der Waals surface area contributed by atoms with Crippen LogP contribution in [0, 0.1) is 0 Å². The van der Waals surface area contributed by atoms with Crippen LogP contribution in [0.15, 0.2) is 46.9 Å². The third-order valence-corrected chi connectivity index (χ3v) is 8.49. The summed E-state index contributed by atoms with van der Waals surface area (Å²) in [7, 11) is 0.189. The van der Waals surface area contributed by atoms with Crippen LogP contribution in [0.3, 0.4) is 0 Å². The first-order valence-corrected chi connectivity index (χ1v) is 14.5. The van der Waals surface area contributed by atoms with Crippen LogP contribution < -0.4 is 9.47 Å². The Balaban J connectivity index is 1.75. The van der Waals surface area contributed by atoms with Gasteiger partial charge in [0.25, 0.3) is 0 Å². The zero-order valence-electron chi connectivity index (χ0n) is 17.1. The first-order valence-electron chi connectivity index (χ1n) is 10.1. The van der Waals surface area contributed by atoms with Crippen LogP contribution in [-0.4, -0.2) is 27.0 Å². The number of hydrogen-bond donors (Lipinski definition) is 0. The molecular formula is C23H29BrO3Si. The zero-order valence-corrected chi connectivity index (χ0v) is 19.7. The average molecular weight is 461 g/mol. The number of rotatable bonds is 6. The number of ether oxygens (including phenoxy) is 3. The van der Waals surface area contributed by atoms with Gasteiger partial charge in [0.1, 0.15) is 5.60 Å². The van der Waals surface area contributed by atoms with E-state index in [1.807, 2.05) is 6.07 Å². The number of methoxy groups -OCH3 is 1. The molecule has 3 nitrogen and oxygen atoms in total. The second kappa shape index (κ2) is 7.51. The van der Waals surface area contributed by atoms with Crippen molar-refractivity contribution in [3.05, 3.63) is 58.1 Å². The molecule has 1 saturated heterocycles. The standard InChI is InChI=1S/C23H29BrO3Si/c1-25-20-14-11-17(15-21(20)26-19-7-5-6-8-19)23(22(27-23)28(2,3)4)16-9-12-18(24)13-10-16/h9-15,19,22H,5-8H2,1-4H3. The lowest BCUT2D eigenvalue weighted by Gasteiger charge is -2.22. The predicted octanol–water partition coefficient (Wildman–Crippen LogP) is 6.30. The Hall–Kier alpha value is -1.30. The van der Waals surface area contributed by atoms with Crippen LogP contribution >= 0.6 is 15.9 Å². The van der Waals surface area contributed by atoms with Crippen LogP contribution in [0.2, 0.25) is 19.6 Å². The van der Waals surface area contributed by atoms with Crippen molar-refractivity contribution < 1.29 is 14.2 Å². The minimum atomic E-state index is -1.52. The van der Waals surface area contributed by atoms with Crippen LogP contribution in [0.5, 0.6) is 11.5 Å². The van der Waals surface area contributed by atoms with E-state index in [0.717, 1.165) is 34.4 Å². The highest BCUT2D eigenvalue weighted by molar-refractivity contribution is 9.10. The fourth-order valence-electron chi connectivity index (χ4n) is 4.43. The Morgan fingerprint density at radius 2 is 1.61 bits per heavy atom. The molecule has 2 aromatic rings. The zero-order chi connectivity index (χ0) is 19.9. The molecule has 2 aliphatic rings. The topological polar surface area (TPSA) is 31.0 Å². The Morgan fingerprint density at radius 3 is 2.18 bits per heavy atom. The molecule has 0 aromatic heterocycles. The van der Waals surface area contributed by atoms with Crippen molar-refractivity contribution in [3.63, 3.8) is 0 Å². The summed E-state index contributed by atoms with van der Waals surface area (Å²) in [5, 5.41) is 0. The summed E-state index contributed by atoms with van der Waals surface area (Å²) in [5.41, 5.74) is 2.23. The fraction of sp³-hybridized carbons (Fsp3) is 0.478. The molecule has 2 unspecified atom stereocenters. The summed E-state index contributed by atoms with van der Waals surface area (Å²) < 4.78 is 19.6. The molecule has 2 fully saturated rings. The highest BCUT2D eigenvalue weighted by atomic mass is 79.9. The van der Waals surface area contributed by atoms with Crippen LogP contribution in [0.25, 0.3) is 0 Å². The molecule has 1 aliphatic heterocycles. The maximum atomic E-state index is 6.53. The van der Waals surface area contributed by atoms with E-state index in [-0.39, 0.29) is 11.3 Å². The van der Waals surface area contributed by atoms with Crippen molar-refractivity contribution in [2.24, 2.45) is 0 Å². The van der Waals surface area contributed by atoms with Gasteiger partial charge in [-0.25, -0.2) is 0 Å². The Kier molecular flexibility index (Phi) is 5.36. The molecule has 4 rings (SSSR count). The van der Waals surface area contributed by atoms with Gasteiger partial charge in [-0.2, -0.15) is 0 Å². The Morgan fingerprint density at radius 1 is 0.964 bits per heavy atom. The van der Waals surface area contributed by atoms with E-state index >= 15 is 0 Å². The van der Waals surface area contributed by atoms with Gasteiger partial charge >= 0.3 is 0 Å². The molecule has 0 spiro atoms. The Bertz CT molecular complexity index is 840. The van der Waals surface area contributed by atoms with Crippen molar-refractivity contribution in [2.75, 3.05) is 7.11 Å². The van der Waals surface area contributed by atoms with Gasteiger partial charge in [-0.1, -0.05) is 53.8 Å². The molecule has 150 valence electrons. The normalized spacial score (nSPS) is 25.0. The molecule has 2 atom stereocenters. The molecule has 1 saturated carbocycles. The summed E-state index contributed by atoms with van der Waals surface area (Å²) in [6.45, 7) is 7.12. The van der Waals surface area contributed by atoms with Gasteiger partial charge in [-0.3, -0.25) is 0 Å². The second-order valence-corrected chi connectivity index (χ2v) is 15.2. The molecule has 5 heteroatoms. The molecule has 0 amide bonds. The predicted molar refractivity (Wildman–Crippen MR) is 119 cm³/mol. The van der Waals surface area contributed by atoms with E-state index in [0.29, 0.717) is 6.10 Å². The fourth-order valence-corrected chi connectivity index (χ4v) is 6.78. The lowest BCUT2D eigenvalue weighted by atomic mass is 9.91. The molecule has 2 aromatic carbocycles. The first-order chi connectivity index (χ1) is 13.3. The van der Waals surface area contributed by atoms with Crippen LogP contribution in [0.1, 0.15) is 36.8 Å². The minimum absolute atomic E-state index is 0.244. The summed E-state index contributed by atoms with van der Waals surface area (Å²) in [5.74, 6) is 1.64. The van der Waals surface area contributed by atoms with E-state index in [1.54, 1.807) is 7.11 Å². The van der Waals surface area contributed by atoms with Crippen molar-refractivity contribution >= 4 is 24.0 Å². The summed E-state index contributed by atoms with van der Waals surface area (Å²) in [6.07, 6.45) is 5.03. The molecular weight excluding hydrogens is 432 g/mol. The van der Waals surface area contributed by atoms with E-state index in [4.69, 9.17) is 14.2 Å². The van der Waals surface area contributed by atoms with Gasteiger partial charge in [0, 0.05) is 4.47 Å². The Labute approximate surface area is 177 Å². The van der Waals surface area contributed by atoms with Gasteiger partial charge in [0.15, 0.2) is 11.5 Å². The van der Waals surface area contributed by atoms with Gasteiger partial charge < -0.3 is 14.2 Å². The van der Waals surface area contributed by atoms with Crippen molar-refractivity contribution in [1.29, 1.82) is 0 Å².